The fourth-order valence-corrected chi connectivity index (χ4v) is 2.23. The Morgan fingerprint density at radius 3 is 2.61 bits per heavy atom. The molecule has 0 aromatic heterocycles. The number of hydrogen-bond donors (Lipinski definition) is 1. The molecule has 18 heavy (non-hydrogen) atoms. The van der Waals surface area contributed by atoms with Gasteiger partial charge in [-0.25, -0.2) is 0 Å². The molecule has 1 atom stereocenters. The zero-order chi connectivity index (χ0) is 13.6. The molecule has 1 aromatic carbocycles. The molecule has 2 nitrogen and oxygen atoms in total. The van der Waals surface area contributed by atoms with Crippen molar-refractivity contribution in [3.8, 4) is 0 Å². The van der Waals surface area contributed by atoms with Crippen LogP contribution in [0.2, 0.25) is 5.02 Å². The second-order valence-electron chi connectivity index (χ2n) is 5.09. The van der Waals surface area contributed by atoms with Gasteiger partial charge in [0, 0.05) is 24.2 Å². The van der Waals surface area contributed by atoms with Crippen LogP contribution in [0.25, 0.3) is 0 Å². The van der Waals surface area contributed by atoms with E-state index >= 15 is 0 Å². The maximum Gasteiger partial charge on any atom is 0.0750 e. The Bertz CT molecular complexity index is 365. The number of benzene rings is 1. The third-order valence-corrected chi connectivity index (χ3v) is 3.20. The highest BCUT2D eigenvalue weighted by molar-refractivity contribution is 6.30. The Morgan fingerprint density at radius 2 is 2.06 bits per heavy atom. The van der Waals surface area contributed by atoms with Gasteiger partial charge >= 0.3 is 0 Å². The lowest BCUT2D eigenvalue weighted by Gasteiger charge is -2.28. The van der Waals surface area contributed by atoms with Crippen molar-refractivity contribution in [3.63, 3.8) is 0 Å². The van der Waals surface area contributed by atoms with Crippen molar-refractivity contribution >= 4 is 11.6 Å². The minimum Gasteiger partial charge on any atom is -0.375 e. The van der Waals surface area contributed by atoms with Gasteiger partial charge in [-0.15, -0.1) is 0 Å². The molecule has 1 unspecified atom stereocenters. The summed E-state index contributed by atoms with van der Waals surface area (Å²) in [4.78, 5) is 0. The van der Waals surface area contributed by atoms with Gasteiger partial charge in [-0.2, -0.15) is 0 Å². The predicted octanol–water partition coefficient (Wildman–Crippen LogP) is 4.20. The molecule has 102 valence electrons. The van der Waals surface area contributed by atoms with E-state index < -0.39 is 0 Å². The molecule has 0 amide bonds. The molecule has 0 aliphatic carbocycles. The van der Waals surface area contributed by atoms with Gasteiger partial charge < -0.3 is 10.1 Å². The van der Waals surface area contributed by atoms with Gasteiger partial charge in [-0.1, -0.05) is 30.7 Å². The lowest BCUT2D eigenvalue weighted by Crippen LogP contribution is -2.39. The monoisotopic (exact) mass is 269 g/mol. The molecule has 3 heteroatoms. The zero-order valence-electron chi connectivity index (χ0n) is 11.8. The van der Waals surface area contributed by atoms with Crippen molar-refractivity contribution in [2.24, 2.45) is 0 Å². The van der Waals surface area contributed by atoms with Crippen LogP contribution < -0.4 is 5.32 Å². The van der Waals surface area contributed by atoms with E-state index in [1.54, 1.807) is 0 Å². The summed E-state index contributed by atoms with van der Waals surface area (Å²) in [6.45, 7) is 9.97. The van der Waals surface area contributed by atoms with E-state index in [0.717, 1.165) is 24.6 Å². The summed E-state index contributed by atoms with van der Waals surface area (Å²) < 4.78 is 5.70. The average molecular weight is 270 g/mol. The predicted molar refractivity (Wildman–Crippen MR) is 78.2 cm³/mol. The first-order valence-corrected chi connectivity index (χ1v) is 6.99. The molecule has 0 saturated heterocycles. The van der Waals surface area contributed by atoms with E-state index in [-0.39, 0.29) is 5.60 Å². The average Bonchev–Trinajstić information content (AvgIpc) is 2.29. The van der Waals surface area contributed by atoms with E-state index in [0.29, 0.717) is 6.04 Å². The summed E-state index contributed by atoms with van der Waals surface area (Å²) >= 11 is 6.03. The number of ether oxygens (including phenoxy) is 1. The highest BCUT2D eigenvalue weighted by Gasteiger charge is 2.19. The maximum absolute atomic E-state index is 6.03. The summed E-state index contributed by atoms with van der Waals surface area (Å²) in [7, 11) is 0. The molecule has 0 aliphatic heterocycles. The first-order valence-electron chi connectivity index (χ1n) is 6.61. The SMILES string of the molecule is CCOC(C)(C)CNC(CC)c1cccc(Cl)c1. The van der Waals surface area contributed by atoms with Crippen LogP contribution in [-0.2, 0) is 4.74 Å². The van der Waals surface area contributed by atoms with Gasteiger partial charge in [0.05, 0.1) is 5.60 Å². The van der Waals surface area contributed by atoms with Crippen molar-refractivity contribution < 1.29 is 4.74 Å². The van der Waals surface area contributed by atoms with Gasteiger partial charge in [0.15, 0.2) is 0 Å². The molecule has 0 fully saturated rings. The number of hydrogen-bond acceptors (Lipinski definition) is 2. The van der Waals surface area contributed by atoms with Crippen LogP contribution in [-0.4, -0.2) is 18.8 Å². The van der Waals surface area contributed by atoms with Crippen LogP contribution in [0.3, 0.4) is 0 Å². The van der Waals surface area contributed by atoms with Gasteiger partial charge in [0.2, 0.25) is 0 Å². The minimum atomic E-state index is -0.138. The smallest absolute Gasteiger partial charge is 0.0750 e. The fraction of sp³-hybridized carbons (Fsp3) is 0.600. The zero-order valence-corrected chi connectivity index (χ0v) is 12.6. The lowest BCUT2D eigenvalue weighted by molar-refractivity contribution is -0.0107. The topological polar surface area (TPSA) is 21.3 Å². The summed E-state index contributed by atoms with van der Waals surface area (Å²) in [6, 6.07) is 8.36. The molecule has 0 heterocycles. The van der Waals surface area contributed by atoms with E-state index in [1.807, 2.05) is 25.1 Å². The highest BCUT2D eigenvalue weighted by atomic mass is 35.5. The Labute approximate surface area is 116 Å². The molecule has 0 radical (unpaired) electrons. The lowest BCUT2D eigenvalue weighted by atomic mass is 10.0. The van der Waals surface area contributed by atoms with Crippen molar-refractivity contribution in [1.29, 1.82) is 0 Å². The third kappa shape index (κ3) is 4.97. The molecular formula is C15H24ClNO. The quantitative estimate of drug-likeness (QED) is 0.801. The van der Waals surface area contributed by atoms with Crippen LogP contribution in [0.4, 0.5) is 0 Å². The molecular weight excluding hydrogens is 246 g/mol. The van der Waals surface area contributed by atoms with Crippen LogP contribution in [0, 0.1) is 0 Å². The molecule has 1 N–H and O–H groups in total. The Kier molecular flexibility index (Phi) is 6.13. The second kappa shape index (κ2) is 7.13. The first-order chi connectivity index (χ1) is 8.48. The normalized spacial score (nSPS) is 13.6. The van der Waals surface area contributed by atoms with Crippen LogP contribution in [0.1, 0.15) is 45.7 Å². The molecule has 0 bridgehead atoms. The molecule has 1 aromatic rings. The van der Waals surface area contributed by atoms with Crippen molar-refractivity contribution in [3.05, 3.63) is 34.9 Å². The third-order valence-electron chi connectivity index (χ3n) is 2.97. The minimum absolute atomic E-state index is 0.138. The summed E-state index contributed by atoms with van der Waals surface area (Å²) in [5.74, 6) is 0. The standard InChI is InChI=1S/C15H24ClNO/c1-5-14(12-8-7-9-13(16)10-12)17-11-15(3,4)18-6-2/h7-10,14,17H,5-6,11H2,1-4H3. The second-order valence-corrected chi connectivity index (χ2v) is 5.53. The van der Waals surface area contributed by atoms with Crippen molar-refractivity contribution in [2.75, 3.05) is 13.2 Å². The Morgan fingerprint density at radius 1 is 1.33 bits per heavy atom. The largest absolute Gasteiger partial charge is 0.375 e. The van der Waals surface area contributed by atoms with E-state index in [4.69, 9.17) is 16.3 Å². The van der Waals surface area contributed by atoms with Crippen molar-refractivity contribution in [2.45, 2.75) is 45.8 Å². The fourth-order valence-electron chi connectivity index (χ4n) is 2.03. The van der Waals surface area contributed by atoms with Crippen LogP contribution in [0.15, 0.2) is 24.3 Å². The molecule has 0 aliphatic rings. The van der Waals surface area contributed by atoms with E-state index in [2.05, 4.69) is 32.2 Å². The number of nitrogens with one attached hydrogen (secondary N) is 1. The molecule has 1 rings (SSSR count). The van der Waals surface area contributed by atoms with Gasteiger partial charge in [-0.05, 0) is 44.9 Å². The molecule has 0 spiro atoms. The van der Waals surface area contributed by atoms with Gasteiger partial charge in [0.25, 0.3) is 0 Å². The number of rotatable bonds is 7. The van der Waals surface area contributed by atoms with Gasteiger partial charge in [-0.3, -0.25) is 0 Å². The van der Waals surface area contributed by atoms with Crippen LogP contribution in [0.5, 0.6) is 0 Å². The van der Waals surface area contributed by atoms with Crippen molar-refractivity contribution in [1.82, 2.24) is 5.32 Å². The maximum atomic E-state index is 6.03. The summed E-state index contributed by atoms with van der Waals surface area (Å²) in [5, 5.41) is 4.34. The molecule has 0 saturated carbocycles. The van der Waals surface area contributed by atoms with E-state index in [9.17, 15) is 0 Å². The Hall–Kier alpha value is -0.570. The first kappa shape index (κ1) is 15.5. The summed E-state index contributed by atoms with van der Waals surface area (Å²) in [6.07, 6.45) is 1.03. The van der Waals surface area contributed by atoms with Gasteiger partial charge in [0.1, 0.15) is 0 Å². The van der Waals surface area contributed by atoms with Crippen LogP contribution >= 0.6 is 11.6 Å². The number of halogens is 1. The summed E-state index contributed by atoms with van der Waals surface area (Å²) in [5.41, 5.74) is 1.10. The van der Waals surface area contributed by atoms with E-state index in [1.165, 1.54) is 5.56 Å². The Balaban J connectivity index is 2.63. The highest BCUT2D eigenvalue weighted by Crippen LogP contribution is 2.21.